The van der Waals surface area contributed by atoms with Gasteiger partial charge in [0.05, 0.1) is 16.9 Å². The van der Waals surface area contributed by atoms with Crippen LogP contribution >= 0.6 is 22.9 Å². The van der Waals surface area contributed by atoms with E-state index in [0.29, 0.717) is 18.5 Å². The van der Waals surface area contributed by atoms with Crippen molar-refractivity contribution < 1.29 is 4.42 Å². The molecule has 0 saturated heterocycles. The van der Waals surface area contributed by atoms with Crippen LogP contribution < -0.4 is 10.6 Å². The number of rotatable bonds is 7. The largest absolute Gasteiger partial charge is 0.407 e. The van der Waals surface area contributed by atoms with Gasteiger partial charge in [0.15, 0.2) is 0 Å². The van der Waals surface area contributed by atoms with Gasteiger partial charge in [-0.2, -0.15) is 0 Å². The van der Waals surface area contributed by atoms with Crippen LogP contribution in [0, 0.1) is 0 Å². The first kappa shape index (κ1) is 14.3. The highest BCUT2D eigenvalue weighted by Crippen LogP contribution is 2.28. The first-order valence-electron chi connectivity index (χ1n) is 6.24. The molecule has 2 aromatic rings. The molecule has 0 saturated carbocycles. The predicted octanol–water partition coefficient (Wildman–Crippen LogP) is 3.46. The van der Waals surface area contributed by atoms with Crippen LogP contribution in [-0.4, -0.2) is 16.7 Å². The molecule has 0 amide bonds. The fourth-order valence-electron chi connectivity index (χ4n) is 1.57. The van der Waals surface area contributed by atoms with Gasteiger partial charge in [0.1, 0.15) is 0 Å². The summed E-state index contributed by atoms with van der Waals surface area (Å²) in [6.07, 6.45) is 1.08. The molecule has 0 radical (unpaired) electrons. The Morgan fingerprint density at radius 2 is 2.26 bits per heavy atom. The van der Waals surface area contributed by atoms with E-state index in [9.17, 15) is 0 Å². The molecule has 2 heterocycles. The summed E-state index contributed by atoms with van der Waals surface area (Å²) >= 11 is 7.45. The van der Waals surface area contributed by atoms with Gasteiger partial charge < -0.3 is 15.1 Å². The number of aromatic nitrogens is 2. The van der Waals surface area contributed by atoms with Crippen LogP contribution in [0.4, 0.5) is 6.01 Å². The highest BCUT2D eigenvalue weighted by molar-refractivity contribution is 7.16. The Labute approximate surface area is 121 Å². The predicted molar refractivity (Wildman–Crippen MR) is 77.7 cm³/mol. The minimum Gasteiger partial charge on any atom is -0.407 e. The van der Waals surface area contributed by atoms with Crippen molar-refractivity contribution in [3.63, 3.8) is 0 Å². The normalized spacial score (nSPS) is 12.6. The van der Waals surface area contributed by atoms with Crippen LogP contribution in [0.2, 0.25) is 4.34 Å². The lowest BCUT2D eigenvalue weighted by atomic mass is 10.3. The summed E-state index contributed by atoms with van der Waals surface area (Å²) in [6, 6.07) is 4.40. The van der Waals surface area contributed by atoms with Crippen molar-refractivity contribution in [3.8, 4) is 0 Å². The Kier molecular flexibility index (Phi) is 5.18. The lowest BCUT2D eigenvalue weighted by molar-refractivity contribution is 0.474. The Morgan fingerprint density at radius 1 is 1.42 bits per heavy atom. The summed E-state index contributed by atoms with van der Waals surface area (Å²) < 4.78 is 6.28. The van der Waals surface area contributed by atoms with E-state index < -0.39 is 0 Å². The fraction of sp³-hybridized carbons (Fsp3) is 0.500. The van der Waals surface area contributed by atoms with E-state index in [4.69, 9.17) is 16.0 Å². The van der Waals surface area contributed by atoms with E-state index in [1.165, 1.54) is 11.3 Å². The average Bonchev–Trinajstić information content (AvgIpc) is 2.99. The zero-order valence-corrected chi connectivity index (χ0v) is 12.5. The van der Waals surface area contributed by atoms with E-state index in [1.807, 2.05) is 19.1 Å². The molecule has 2 rings (SSSR count). The first-order chi connectivity index (χ1) is 9.19. The minimum absolute atomic E-state index is 0.0920. The third-order valence-corrected chi connectivity index (χ3v) is 3.94. The van der Waals surface area contributed by atoms with Gasteiger partial charge in [-0.05, 0) is 32.0 Å². The van der Waals surface area contributed by atoms with Gasteiger partial charge in [0.25, 0.3) is 0 Å². The van der Waals surface area contributed by atoms with Gasteiger partial charge in [-0.1, -0.05) is 23.6 Å². The summed E-state index contributed by atoms with van der Waals surface area (Å²) in [4.78, 5) is 1.13. The van der Waals surface area contributed by atoms with Gasteiger partial charge in [-0.25, -0.2) is 0 Å². The fourth-order valence-corrected chi connectivity index (χ4v) is 2.64. The zero-order valence-electron chi connectivity index (χ0n) is 10.9. The molecule has 0 aliphatic rings. The molecule has 19 heavy (non-hydrogen) atoms. The Hall–Kier alpha value is -1.11. The van der Waals surface area contributed by atoms with Gasteiger partial charge in [0, 0.05) is 4.88 Å². The number of halogens is 1. The highest BCUT2D eigenvalue weighted by atomic mass is 35.5. The number of hydrogen-bond donors (Lipinski definition) is 2. The summed E-state index contributed by atoms with van der Waals surface area (Å²) in [5.74, 6) is 0.590. The maximum absolute atomic E-state index is 5.91. The molecular formula is C12H17ClN4OS. The first-order valence-corrected chi connectivity index (χ1v) is 7.43. The molecular weight excluding hydrogens is 284 g/mol. The van der Waals surface area contributed by atoms with Crippen molar-refractivity contribution in [3.05, 3.63) is 27.2 Å². The summed E-state index contributed by atoms with van der Waals surface area (Å²) in [5, 5.41) is 14.3. The SMILES string of the molecule is CCCNCc1nnc(NC(C)c2ccc(Cl)s2)o1. The van der Waals surface area contributed by atoms with Crippen molar-refractivity contribution in [2.75, 3.05) is 11.9 Å². The Balaban J connectivity index is 1.88. The molecule has 0 spiro atoms. The van der Waals surface area contributed by atoms with Crippen LogP contribution in [0.1, 0.15) is 37.1 Å². The van der Waals surface area contributed by atoms with Gasteiger partial charge >= 0.3 is 6.01 Å². The third kappa shape index (κ3) is 4.19. The summed E-state index contributed by atoms with van der Waals surface area (Å²) in [5.41, 5.74) is 0. The molecule has 7 heteroatoms. The zero-order chi connectivity index (χ0) is 13.7. The molecule has 1 atom stereocenters. The molecule has 0 fully saturated rings. The number of nitrogens with one attached hydrogen (secondary N) is 2. The number of hydrogen-bond acceptors (Lipinski definition) is 6. The van der Waals surface area contributed by atoms with E-state index in [0.717, 1.165) is 22.2 Å². The number of nitrogens with zero attached hydrogens (tertiary/aromatic N) is 2. The lowest BCUT2D eigenvalue weighted by Gasteiger charge is -2.08. The van der Waals surface area contributed by atoms with Crippen molar-refractivity contribution in [1.82, 2.24) is 15.5 Å². The second-order valence-corrected chi connectivity index (χ2v) is 5.93. The Morgan fingerprint density at radius 3 is 2.95 bits per heavy atom. The number of thiophene rings is 1. The molecule has 0 aromatic carbocycles. The molecule has 2 N–H and O–H groups in total. The van der Waals surface area contributed by atoms with Gasteiger partial charge in [-0.15, -0.1) is 16.4 Å². The summed E-state index contributed by atoms with van der Waals surface area (Å²) in [6.45, 7) is 5.68. The second-order valence-electron chi connectivity index (χ2n) is 4.19. The van der Waals surface area contributed by atoms with Crippen LogP contribution in [0.3, 0.4) is 0 Å². The quantitative estimate of drug-likeness (QED) is 0.767. The van der Waals surface area contributed by atoms with Crippen molar-refractivity contribution in [2.24, 2.45) is 0 Å². The van der Waals surface area contributed by atoms with Crippen LogP contribution in [0.5, 0.6) is 0 Å². The lowest BCUT2D eigenvalue weighted by Crippen LogP contribution is -2.13. The second kappa shape index (κ2) is 6.88. The van der Waals surface area contributed by atoms with E-state index in [1.54, 1.807) is 0 Å². The standard InChI is InChI=1S/C12H17ClN4OS/c1-3-6-14-7-11-16-17-12(18-11)15-8(2)9-4-5-10(13)19-9/h4-5,8,14H,3,6-7H2,1-2H3,(H,15,17). The van der Waals surface area contributed by atoms with Crippen molar-refractivity contribution in [2.45, 2.75) is 32.9 Å². The summed E-state index contributed by atoms with van der Waals surface area (Å²) in [7, 11) is 0. The number of anilines is 1. The topological polar surface area (TPSA) is 63.0 Å². The molecule has 104 valence electrons. The maximum Gasteiger partial charge on any atom is 0.316 e. The molecule has 0 aliphatic carbocycles. The highest BCUT2D eigenvalue weighted by Gasteiger charge is 2.12. The van der Waals surface area contributed by atoms with E-state index in [2.05, 4.69) is 27.8 Å². The molecule has 2 aromatic heterocycles. The van der Waals surface area contributed by atoms with Gasteiger partial charge in [0.2, 0.25) is 5.89 Å². The van der Waals surface area contributed by atoms with E-state index in [-0.39, 0.29) is 6.04 Å². The van der Waals surface area contributed by atoms with Crippen LogP contribution in [-0.2, 0) is 6.54 Å². The average molecular weight is 301 g/mol. The van der Waals surface area contributed by atoms with Crippen molar-refractivity contribution in [1.29, 1.82) is 0 Å². The molecule has 0 bridgehead atoms. The third-order valence-electron chi connectivity index (χ3n) is 2.53. The molecule has 1 unspecified atom stereocenters. The van der Waals surface area contributed by atoms with Crippen LogP contribution in [0.15, 0.2) is 16.5 Å². The minimum atomic E-state index is 0.0920. The Bertz CT molecular complexity index is 513. The maximum atomic E-state index is 5.91. The molecule has 0 aliphatic heterocycles. The van der Waals surface area contributed by atoms with E-state index >= 15 is 0 Å². The van der Waals surface area contributed by atoms with Gasteiger partial charge in [-0.3, -0.25) is 0 Å². The van der Waals surface area contributed by atoms with Crippen molar-refractivity contribution >= 4 is 29.0 Å². The van der Waals surface area contributed by atoms with Crippen LogP contribution in [0.25, 0.3) is 0 Å². The molecule has 5 nitrogen and oxygen atoms in total. The monoisotopic (exact) mass is 300 g/mol. The smallest absolute Gasteiger partial charge is 0.316 e.